The highest BCUT2D eigenvalue weighted by atomic mass is 16.5. The quantitative estimate of drug-likeness (QED) is 0.906. The van der Waals surface area contributed by atoms with Gasteiger partial charge in [0.2, 0.25) is 0 Å². The van der Waals surface area contributed by atoms with Crippen molar-refractivity contribution in [1.29, 1.82) is 0 Å². The van der Waals surface area contributed by atoms with Crippen LogP contribution in [-0.4, -0.2) is 29.1 Å². The second-order valence-corrected chi connectivity index (χ2v) is 7.18. The summed E-state index contributed by atoms with van der Waals surface area (Å²) in [5.41, 5.74) is 5.10. The van der Waals surface area contributed by atoms with E-state index in [0.29, 0.717) is 25.7 Å². The smallest absolute Gasteiger partial charge is 0.309 e. The van der Waals surface area contributed by atoms with E-state index >= 15 is 0 Å². The van der Waals surface area contributed by atoms with Crippen molar-refractivity contribution in [3.63, 3.8) is 0 Å². The lowest BCUT2D eigenvalue weighted by molar-refractivity contribution is -0.148. The van der Waals surface area contributed by atoms with Crippen LogP contribution in [0.25, 0.3) is 0 Å². The van der Waals surface area contributed by atoms with Gasteiger partial charge in [-0.1, -0.05) is 35.9 Å². The summed E-state index contributed by atoms with van der Waals surface area (Å²) in [7, 11) is 0. The number of hydrogen-bond donors (Lipinski definition) is 1. The van der Waals surface area contributed by atoms with Crippen LogP contribution >= 0.6 is 0 Å². The number of hydrogen-bond acceptors (Lipinski definition) is 3. The zero-order valence-corrected chi connectivity index (χ0v) is 14.4. The van der Waals surface area contributed by atoms with Crippen LogP contribution in [-0.2, 0) is 17.8 Å². The van der Waals surface area contributed by atoms with Gasteiger partial charge in [0, 0.05) is 19.1 Å². The number of fused-ring (bicyclic) bond motifs is 1. The molecule has 1 heterocycles. The Morgan fingerprint density at radius 1 is 1.24 bits per heavy atom. The number of aryl methyl sites for hydroxylation is 2. The number of rotatable bonds is 5. The molecule has 1 atom stereocenters. The molecule has 0 saturated carbocycles. The molecule has 0 radical (unpaired) electrons. The topological polar surface area (TPSA) is 49.8 Å². The molecule has 2 aromatic carbocycles. The standard InChI is InChI=1S/C21H23NO3/c1-14-3-2-4-15(9-14)13-25-18-6-7-19-16(10-18)5-8-20(19)22-11-17(12-22)21(23)24/h2-4,6-7,9-10,17,20H,5,8,11-13H2,1H3,(H,23,24). The first-order valence-corrected chi connectivity index (χ1v) is 8.88. The Morgan fingerprint density at radius 2 is 2.08 bits per heavy atom. The molecule has 1 aliphatic heterocycles. The van der Waals surface area contributed by atoms with Crippen molar-refractivity contribution in [3.05, 3.63) is 64.7 Å². The molecule has 4 rings (SSSR count). The van der Waals surface area contributed by atoms with Gasteiger partial charge in [0.05, 0.1) is 5.92 Å². The maximum absolute atomic E-state index is 11.0. The summed E-state index contributed by atoms with van der Waals surface area (Å²) in [5, 5.41) is 9.05. The number of carbonyl (C=O) groups is 1. The van der Waals surface area contributed by atoms with E-state index in [-0.39, 0.29) is 5.92 Å². The normalized spacial score (nSPS) is 20.1. The van der Waals surface area contributed by atoms with Crippen LogP contribution in [0.4, 0.5) is 0 Å². The van der Waals surface area contributed by atoms with E-state index in [9.17, 15) is 4.79 Å². The van der Waals surface area contributed by atoms with Crippen molar-refractivity contribution in [1.82, 2.24) is 4.90 Å². The first-order valence-electron chi connectivity index (χ1n) is 8.88. The van der Waals surface area contributed by atoms with Gasteiger partial charge < -0.3 is 9.84 Å². The zero-order chi connectivity index (χ0) is 17.4. The van der Waals surface area contributed by atoms with Crippen LogP contribution in [0.5, 0.6) is 5.75 Å². The van der Waals surface area contributed by atoms with Gasteiger partial charge in [0.25, 0.3) is 0 Å². The summed E-state index contributed by atoms with van der Waals surface area (Å²) in [6.07, 6.45) is 2.11. The minimum Gasteiger partial charge on any atom is -0.489 e. The molecule has 2 aliphatic rings. The van der Waals surface area contributed by atoms with Crippen LogP contribution in [0.2, 0.25) is 0 Å². The van der Waals surface area contributed by atoms with Crippen LogP contribution in [0.3, 0.4) is 0 Å². The first kappa shape index (κ1) is 16.2. The van der Waals surface area contributed by atoms with E-state index in [1.165, 1.54) is 22.3 Å². The molecule has 1 saturated heterocycles. The Hall–Kier alpha value is -2.33. The number of carboxylic acid groups (broad SMARTS) is 1. The van der Waals surface area contributed by atoms with Gasteiger partial charge in [-0.3, -0.25) is 9.69 Å². The number of likely N-dealkylation sites (tertiary alicyclic amines) is 1. The third kappa shape index (κ3) is 3.27. The zero-order valence-electron chi connectivity index (χ0n) is 14.4. The van der Waals surface area contributed by atoms with Gasteiger partial charge in [-0.25, -0.2) is 0 Å². The number of benzene rings is 2. The van der Waals surface area contributed by atoms with E-state index in [2.05, 4.69) is 48.2 Å². The fraction of sp³-hybridized carbons (Fsp3) is 0.381. The predicted octanol–water partition coefficient (Wildman–Crippen LogP) is 3.58. The predicted molar refractivity (Wildman–Crippen MR) is 95.7 cm³/mol. The number of ether oxygens (including phenoxy) is 1. The fourth-order valence-electron chi connectivity index (χ4n) is 3.93. The van der Waals surface area contributed by atoms with Gasteiger partial charge >= 0.3 is 5.97 Å². The average molecular weight is 337 g/mol. The molecular formula is C21H23NO3. The molecule has 0 spiro atoms. The summed E-state index contributed by atoms with van der Waals surface area (Å²) in [4.78, 5) is 13.3. The van der Waals surface area contributed by atoms with Crippen LogP contribution in [0.1, 0.15) is 34.7 Å². The molecule has 4 heteroatoms. The van der Waals surface area contributed by atoms with Crippen molar-refractivity contribution in [2.75, 3.05) is 13.1 Å². The highest BCUT2D eigenvalue weighted by Crippen LogP contribution is 2.40. The van der Waals surface area contributed by atoms with E-state index < -0.39 is 5.97 Å². The van der Waals surface area contributed by atoms with Crippen LogP contribution in [0.15, 0.2) is 42.5 Å². The summed E-state index contributed by atoms with van der Waals surface area (Å²) < 4.78 is 5.97. The van der Waals surface area contributed by atoms with Crippen molar-refractivity contribution >= 4 is 5.97 Å². The first-order chi connectivity index (χ1) is 12.1. The lowest BCUT2D eigenvalue weighted by Gasteiger charge is -2.41. The van der Waals surface area contributed by atoms with E-state index in [1.807, 2.05) is 6.07 Å². The Balaban J connectivity index is 1.40. The molecular weight excluding hydrogens is 314 g/mol. The molecule has 0 aromatic heterocycles. The molecule has 1 N–H and O–H groups in total. The second kappa shape index (κ2) is 6.52. The molecule has 4 nitrogen and oxygen atoms in total. The lowest BCUT2D eigenvalue weighted by Crippen LogP contribution is -2.51. The number of nitrogens with zero attached hydrogens (tertiary/aromatic N) is 1. The SMILES string of the molecule is Cc1cccc(COc2ccc3c(c2)CCC3N2CC(C(=O)O)C2)c1. The van der Waals surface area contributed by atoms with Gasteiger partial charge in [0.1, 0.15) is 12.4 Å². The van der Waals surface area contributed by atoms with Crippen LogP contribution in [0, 0.1) is 12.8 Å². The van der Waals surface area contributed by atoms with E-state index in [4.69, 9.17) is 9.84 Å². The molecule has 1 fully saturated rings. The minimum atomic E-state index is -0.672. The molecule has 1 unspecified atom stereocenters. The molecule has 130 valence electrons. The lowest BCUT2D eigenvalue weighted by atomic mass is 9.95. The van der Waals surface area contributed by atoms with Gasteiger partial charge in [-0.2, -0.15) is 0 Å². The maximum Gasteiger partial charge on any atom is 0.309 e. The Bertz CT molecular complexity index is 795. The Kier molecular flexibility index (Phi) is 4.22. The largest absolute Gasteiger partial charge is 0.489 e. The Morgan fingerprint density at radius 3 is 2.84 bits per heavy atom. The monoisotopic (exact) mass is 337 g/mol. The minimum absolute atomic E-state index is 0.194. The highest BCUT2D eigenvalue weighted by Gasteiger charge is 2.39. The third-order valence-corrected chi connectivity index (χ3v) is 5.35. The van der Waals surface area contributed by atoms with Gasteiger partial charge in [-0.15, -0.1) is 0 Å². The van der Waals surface area contributed by atoms with Crippen molar-refractivity contribution in [2.24, 2.45) is 5.92 Å². The van der Waals surface area contributed by atoms with Gasteiger partial charge in [0.15, 0.2) is 0 Å². The number of carboxylic acids is 1. The van der Waals surface area contributed by atoms with Crippen LogP contribution < -0.4 is 4.74 Å². The summed E-state index contributed by atoms with van der Waals surface area (Å²) in [6.45, 7) is 4.01. The molecule has 1 aliphatic carbocycles. The maximum atomic E-state index is 11.0. The summed E-state index contributed by atoms with van der Waals surface area (Å²) in [6, 6.07) is 15.1. The van der Waals surface area contributed by atoms with Crippen molar-refractivity contribution in [2.45, 2.75) is 32.4 Å². The van der Waals surface area contributed by atoms with Crippen molar-refractivity contribution < 1.29 is 14.6 Å². The molecule has 0 bridgehead atoms. The number of aliphatic carboxylic acids is 1. The highest BCUT2D eigenvalue weighted by molar-refractivity contribution is 5.71. The molecule has 0 amide bonds. The van der Waals surface area contributed by atoms with Gasteiger partial charge in [-0.05, 0) is 48.6 Å². The van der Waals surface area contributed by atoms with E-state index in [1.54, 1.807) is 0 Å². The van der Waals surface area contributed by atoms with Crippen molar-refractivity contribution in [3.8, 4) is 5.75 Å². The fourth-order valence-corrected chi connectivity index (χ4v) is 3.93. The molecule has 2 aromatic rings. The second-order valence-electron chi connectivity index (χ2n) is 7.18. The van der Waals surface area contributed by atoms with E-state index in [0.717, 1.165) is 18.6 Å². The third-order valence-electron chi connectivity index (χ3n) is 5.35. The molecule has 25 heavy (non-hydrogen) atoms. The summed E-state index contributed by atoms with van der Waals surface area (Å²) >= 11 is 0. The Labute approximate surface area is 148 Å². The average Bonchev–Trinajstić information content (AvgIpc) is 2.94. The summed E-state index contributed by atoms with van der Waals surface area (Å²) in [5.74, 6) is 0.0447.